The van der Waals surface area contributed by atoms with E-state index in [9.17, 15) is 27.5 Å². The third-order valence-corrected chi connectivity index (χ3v) is 18.4. The van der Waals surface area contributed by atoms with Gasteiger partial charge in [0.2, 0.25) is 5.91 Å². The third kappa shape index (κ3) is 5.59. The number of fused-ring (bicyclic) bond motifs is 7. The first-order valence-electron chi connectivity index (χ1n) is 19.9. The first-order valence-corrected chi connectivity index (χ1v) is 21.7. The Kier molecular flexibility index (Phi) is 9.28. The van der Waals surface area contributed by atoms with Crippen molar-refractivity contribution in [2.45, 2.75) is 99.3 Å². The van der Waals surface area contributed by atoms with Gasteiger partial charge in [-0.15, -0.1) is 0 Å². The number of carboxylic acids is 1. The van der Waals surface area contributed by atoms with E-state index in [1.54, 1.807) is 6.07 Å². The standard InChI is InChI=1S/C43H61FN2O5S/c1-27(2)29-12-17-43(38(49)45-20-21-46-22-24-52(50,51)25-23-46)19-18-41(6)32(36(29)43)10-11-35-40(5)15-13-31(28-8-9-30(37(47)48)33(44)26-28)39(3,4)34(40)14-16-42(35,41)7/h8-9,13,26,29,32,34-36H,1,10-12,14-25H2,2-7H3,(H,45,49)(H,47,48). The summed E-state index contributed by atoms with van der Waals surface area (Å²) < 4.78 is 38.8. The minimum absolute atomic E-state index is 0.0661. The molecule has 1 amide bonds. The summed E-state index contributed by atoms with van der Waals surface area (Å²) in [6, 6.07) is 4.61. The average Bonchev–Trinajstić information content (AvgIpc) is 3.47. The van der Waals surface area contributed by atoms with Crippen LogP contribution in [-0.2, 0) is 14.6 Å². The number of carbonyl (C=O) groups excluding carboxylic acids is 1. The summed E-state index contributed by atoms with van der Waals surface area (Å²) in [6.45, 7) is 21.3. The summed E-state index contributed by atoms with van der Waals surface area (Å²) in [7, 11) is -2.94. The van der Waals surface area contributed by atoms with Crippen LogP contribution in [0, 0.1) is 62.5 Å². The van der Waals surface area contributed by atoms with Gasteiger partial charge in [-0.1, -0.05) is 58.9 Å². The first-order chi connectivity index (χ1) is 24.3. The van der Waals surface area contributed by atoms with Gasteiger partial charge in [0, 0.05) is 26.2 Å². The van der Waals surface area contributed by atoms with E-state index >= 15 is 0 Å². The summed E-state index contributed by atoms with van der Waals surface area (Å²) >= 11 is 0. The maximum atomic E-state index is 14.9. The number of carbonyl (C=O) groups is 2. The van der Waals surface area contributed by atoms with Crippen LogP contribution in [-0.4, -0.2) is 68.0 Å². The van der Waals surface area contributed by atoms with Gasteiger partial charge in [0.05, 0.1) is 22.5 Å². The van der Waals surface area contributed by atoms with Crippen molar-refractivity contribution in [2.24, 2.45) is 56.7 Å². The first kappa shape index (κ1) is 37.8. The molecule has 5 aliphatic carbocycles. The Balaban J connectivity index is 1.15. The number of carboxylic acid groups (broad SMARTS) is 1. The fourth-order valence-electron chi connectivity index (χ4n) is 14.0. The molecule has 52 heavy (non-hydrogen) atoms. The van der Waals surface area contributed by atoms with Crippen LogP contribution in [0.5, 0.6) is 0 Å². The largest absolute Gasteiger partial charge is 0.478 e. The summed E-state index contributed by atoms with van der Waals surface area (Å²) in [5, 5.41) is 12.8. The maximum absolute atomic E-state index is 14.9. The molecule has 286 valence electrons. The molecule has 1 saturated heterocycles. The minimum Gasteiger partial charge on any atom is -0.478 e. The molecule has 0 bridgehead atoms. The van der Waals surface area contributed by atoms with Crippen LogP contribution in [0.25, 0.3) is 5.57 Å². The Morgan fingerprint density at radius 3 is 2.33 bits per heavy atom. The van der Waals surface area contributed by atoms with Gasteiger partial charge in [-0.05, 0) is 139 Å². The smallest absolute Gasteiger partial charge is 0.338 e. The normalized spacial score (nSPS) is 40.7. The molecule has 5 fully saturated rings. The second-order valence-electron chi connectivity index (χ2n) is 19.1. The summed E-state index contributed by atoms with van der Waals surface area (Å²) in [5.41, 5.74) is 2.50. The van der Waals surface area contributed by atoms with E-state index in [-0.39, 0.29) is 56.0 Å². The van der Waals surface area contributed by atoms with Gasteiger partial charge >= 0.3 is 5.97 Å². The van der Waals surface area contributed by atoms with Crippen molar-refractivity contribution >= 4 is 27.3 Å². The van der Waals surface area contributed by atoms with Crippen molar-refractivity contribution in [1.29, 1.82) is 0 Å². The van der Waals surface area contributed by atoms with Gasteiger partial charge in [-0.25, -0.2) is 17.6 Å². The van der Waals surface area contributed by atoms with Gasteiger partial charge in [-0.2, -0.15) is 0 Å². The molecule has 1 aromatic carbocycles. The van der Waals surface area contributed by atoms with Crippen molar-refractivity contribution in [3.63, 3.8) is 0 Å². The lowest BCUT2D eigenvalue weighted by Crippen LogP contribution is -2.66. The Morgan fingerprint density at radius 2 is 1.67 bits per heavy atom. The van der Waals surface area contributed by atoms with Gasteiger partial charge in [-0.3, -0.25) is 9.69 Å². The maximum Gasteiger partial charge on any atom is 0.338 e. The van der Waals surface area contributed by atoms with Gasteiger partial charge in [0.25, 0.3) is 0 Å². The number of benzene rings is 1. The number of sulfone groups is 1. The number of aromatic carboxylic acids is 1. The molecule has 7 rings (SSSR count). The van der Waals surface area contributed by atoms with Crippen LogP contribution in [0.4, 0.5) is 4.39 Å². The fourth-order valence-corrected chi connectivity index (χ4v) is 15.2. The summed E-state index contributed by atoms with van der Waals surface area (Å²) in [4.78, 5) is 28.2. The van der Waals surface area contributed by atoms with E-state index in [1.165, 1.54) is 17.7 Å². The van der Waals surface area contributed by atoms with Gasteiger partial charge < -0.3 is 10.4 Å². The molecule has 0 radical (unpaired) electrons. The predicted octanol–water partition coefficient (Wildman–Crippen LogP) is 8.02. The average molecular weight is 737 g/mol. The molecule has 6 aliphatic rings. The molecule has 9 atom stereocenters. The quantitative estimate of drug-likeness (QED) is 0.275. The topological polar surface area (TPSA) is 104 Å². The van der Waals surface area contributed by atoms with E-state index in [1.807, 2.05) is 0 Å². The van der Waals surface area contributed by atoms with Crippen LogP contribution < -0.4 is 5.32 Å². The van der Waals surface area contributed by atoms with E-state index < -0.39 is 21.6 Å². The number of hydrogen-bond donors (Lipinski definition) is 2. The highest BCUT2D eigenvalue weighted by Crippen LogP contribution is 2.77. The molecule has 9 unspecified atom stereocenters. The second kappa shape index (κ2) is 12.8. The van der Waals surface area contributed by atoms with Gasteiger partial charge in [0.1, 0.15) is 5.82 Å². The molecular formula is C43H61FN2O5S. The number of hydrogen-bond acceptors (Lipinski definition) is 5. The Labute approximate surface area is 311 Å². The molecule has 0 spiro atoms. The molecule has 1 aliphatic heterocycles. The molecular weight excluding hydrogens is 676 g/mol. The van der Waals surface area contributed by atoms with E-state index in [2.05, 4.69) is 64.4 Å². The number of amides is 1. The van der Waals surface area contributed by atoms with E-state index in [4.69, 9.17) is 0 Å². The highest BCUT2D eigenvalue weighted by Gasteiger charge is 2.71. The predicted molar refractivity (Wildman–Crippen MR) is 204 cm³/mol. The zero-order valence-electron chi connectivity index (χ0n) is 32.3. The third-order valence-electron chi connectivity index (χ3n) is 16.8. The van der Waals surface area contributed by atoms with E-state index in [0.717, 1.165) is 68.9 Å². The number of halogens is 1. The Bertz CT molecular complexity index is 1790. The number of nitrogens with one attached hydrogen (secondary N) is 1. The monoisotopic (exact) mass is 736 g/mol. The van der Waals surface area contributed by atoms with Crippen LogP contribution in [0.1, 0.15) is 115 Å². The molecule has 1 aromatic rings. The Morgan fingerprint density at radius 1 is 0.962 bits per heavy atom. The molecule has 7 nitrogen and oxygen atoms in total. The van der Waals surface area contributed by atoms with Crippen molar-refractivity contribution in [2.75, 3.05) is 37.7 Å². The van der Waals surface area contributed by atoms with Crippen molar-refractivity contribution in [3.05, 3.63) is 53.4 Å². The number of allylic oxidation sites excluding steroid dienone is 3. The zero-order valence-corrected chi connectivity index (χ0v) is 33.1. The van der Waals surface area contributed by atoms with Crippen molar-refractivity contribution in [3.8, 4) is 0 Å². The summed E-state index contributed by atoms with van der Waals surface area (Å²) in [5.74, 6) is 0.635. The second-order valence-corrected chi connectivity index (χ2v) is 21.4. The minimum atomic E-state index is -2.94. The number of nitrogens with zero attached hydrogens (tertiary/aromatic N) is 1. The molecule has 1 heterocycles. The highest BCUT2D eigenvalue weighted by atomic mass is 32.2. The van der Waals surface area contributed by atoms with Crippen molar-refractivity contribution < 1.29 is 27.5 Å². The molecule has 4 saturated carbocycles. The van der Waals surface area contributed by atoms with Crippen LogP contribution in [0.2, 0.25) is 0 Å². The fraction of sp³-hybridized carbons (Fsp3) is 0.721. The number of rotatable bonds is 7. The lowest BCUT2D eigenvalue weighted by molar-refractivity contribution is -0.225. The van der Waals surface area contributed by atoms with Crippen LogP contribution >= 0.6 is 0 Å². The van der Waals surface area contributed by atoms with Crippen LogP contribution in [0.15, 0.2) is 36.4 Å². The SMILES string of the molecule is C=C(C)C1CCC2(C(=O)NCCN3CCS(=O)(=O)CC3)CCC3(C)C(CCC4C5(C)CC=C(c6ccc(C(=O)O)c(F)c6)C(C)(C)C5CCC43C)C12. The lowest BCUT2D eigenvalue weighted by atomic mass is 9.32. The Hall–Kier alpha value is -2.52. The van der Waals surface area contributed by atoms with Crippen molar-refractivity contribution in [1.82, 2.24) is 10.2 Å². The molecule has 9 heteroatoms. The lowest BCUT2D eigenvalue weighted by Gasteiger charge is -2.72. The van der Waals surface area contributed by atoms with E-state index in [0.29, 0.717) is 49.9 Å². The summed E-state index contributed by atoms with van der Waals surface area (Å²) in [6.07, 6.45) is 11.6. The highest BCUT2D eigenvalue weighted by molar-refractivity contribution is 7.91. The molecule has 2 N–H and O–H groups in total. The van der Waals surface area contributed by atoms with Crippen LogP contribution in [0.3, 0.4) is 0 Å². The van der Waals surface area contributed by atoms with Gasteiger partial charge in [0.15, 0.2) is 9.84 Å². The molecule has 0 aromatic heterocycles. The zero-order chi connectivity index (χ0) is 37.6.